The fraction of sp³-hybridized carbons (Fsp3) is 1.00. The van der Waals surface area contributed by atoms with Crippen LogP contribution >= 0.6 is 12.4 Å². The van der Waals surface area contributed by atoms with Gasteiger partial charge in [0.15, 0.2) is 0 Å². The molecule has 0 aromatic heterocycles. The van der Waals surface area contributed by atoms with E-state index in [1.54, 1.807) is 7.11 Å². The summed E-state index contributed by atoms with van der Waals surface area (Å²) in [6, 6.07) is 1.51. The first-order valence-corrected chi connectivity index (χ1v) is 12.5. The lowest BCUT2D eigenvalue weighted by atomic mass is 10.0. The third kappa shape index (κ3) is 34.9. The Balaban J connectivity index is -0.000000920. The molecule has 0 rings (SSSR count). The molecule has 0 saturated heterocycles. The summed E-state index contributed by atoms with van der Waals surface area (Å²) in [5, 5.41) is 0. The molecule has 0 unspecified atom stereocenters. The summed E-state index contributed by atoms with van der Waals surface area (Å²) in [5.41, 5.74) is 0. The van der Waals surface area contributed by atoms with Crippen LogP contribution in [-0.4, -0.2) is 27.8 Å². The summed E-state index contributed by atoms with van der Waals surface area (Å²) in [7, 11) is 3.97. The van der Waals surface area contributed by atoms with Gasteiger partial charge in [0, 0.05) is 17.4 Å². The van der Waals surface area contributed by atoms with E-state index in [4.69, 9.17) is 0 Å². The van der Waals surface area contributed by atoms with Gasteiger partial charge in [0.05, 0.1) is 0 Å². The normalized spacial score (nSPS) is 10.2. The minimum atomic E-state index is 0. The van der Waals surface area contributed by atoms with E-state index in [-0.39, 0.29) is 12.4 Å². The minimum absolute atomic E-state index is 0. The lowest BCUT2D eigenvalue weighted by Crippen LogP contribution is -1.83. The lowest BCUT2D eigenvalue weighted by Gasteiger charge is -2.03. The Kier molecular flexibility index (Phi) is 37.8. The summed E-state index contributed by atoms with van der Waals surface area (Å²) < 4.78 is 4.39. The average molecular weight is 383 g/mol. The molecule has 4 heteroatoms. The quantitative estimate of drug-likeness (QED) is 0.257. The van der Waals surface area contributed by atoms with Gasteiger partial charge < -0.3 is 4.43 Å². The van der Waals surface area contributed by atoms with Gasteiger partial charge in [-0.2, -0.15) is 0 Å². The molecular formula is C19H47ClOSi2. The predicted octanol–water partition coefficient (Wildman–Crippen LogP) is 5.37. The zero-order valence-electron chi connectivity index (χ0n) is 16.8. The molecule has 0 aromatic carbocycles. The Morgan fingerprint density at radius 3 is 1.00 bits per heavy atom. The van der Waals surface area contributed by atoms with Crippen molar-refractivity contribution in [2.24, 2.45) is 0 Å². The molecule has 0 aliphatic rings. The fourth-order valence-corrected chi connectivity index (χ4v) is 3.30. The van der Waals surface area contributed by atoms with Crippen molar-refractivity contribution in [2.45, 2.75) is 116 Å². The van der Waals surface area contributed by atoms with Crippen LogP contribution in [0.2, 0.25) is 6.04 Å². The van der Waals surface area contributed by atoms with Crippen LogP contribution in [0.15, 0.2) is 0 Å². The van der Waals surface area contributed by atoms with Crippen molar-refractivity contribution in [3.63, 3.8) is 0 Å². The van der Waals surface area contributed by atoms with Crippen LogP contribution in [-0.2, 0) is 4.43 Å². The molecule has 0 heterocycles. The largest absolute Gasteiger partial charge is 0.431 e. The van der Waals surface area contributed by atoms with Crippen LogP contribution in [0.3, 0.4) is 0 Å². The molecule has 0 N–H and O–H groups in total. The van der Waals surface area contributed by atoms with Gasteiger partial charge in [-0.15, -0.1) is 12.4 Å². The van der Waals surface area contributed by atoms with E-state index >= 15 is 0 Å². The molecule has 0 aliphatic heterocycles. The van der Waals surface area contributed by atoms with Gasteiger partial charge in [-0.05, 0) is 0 Å². The maximum Gasteiger partial charge on any atom is 0.145 e. The highest BCUT2D eigenvalue weighted by atomic mass is 35.5. The second-order valence-corrected chi connectivity index (χ2v) is 8.53. The zero-order valence-corrected chi connectivity index (χ0v) is 21.7. The second-order valence-electron chi connectivity index (χ2n) is 6.71. The first kappa shape index (κ1) is 28.5. The first-order valence-electron chi connectivity index (χ1n) is 10.2. The Morgan fingerprint density at radius 2 is 0.783 bits per heavy atom. The molecule has 0 aliphatic carbocycles. The van der Waals surface area contributed by atoms with Gasteiger partial charge in [-0.3, -0.25) is 0 Å². The van der Waals surface area contributed by atoms with Crippen LogP contribution in [0.1, 0.15) is 110 Å². The molecule has 0 radical (unpaired) electrons. The summed E-state index contributed by atoms with van der Waals surface area (Å²) in [6.45, 7) is 2.30. The number of rotatable bonds is 16. The highest BCUT2D eigenvalue weighted by molar-refractivity contribution is 6.08. The topological polar surface area (TPSA) is 9.23 Å². The van der Waals surface area contributed by atoms with E-state index in [9.17, 15) is 0 Å². The minimum Gasteiger partial charge on any atom is -0.431 e. The molecule has 23 heavy (non-hydrogen) atoms. The fourth-order valence-electron chi connectivity index (χ4n) is 2.80. The van der Waals surface area contributed by atoms with Crippen LogP contribution in [0.5, 0.6) is 0 Å². The van der Waals surface area contributed by atoms with Crippen LogP contribution in [0.25, 0.3) is 0 Å². The number of hydrogen-bond donors (Lipinski definition) is 0. The molecule has 1 nitrogen and oxygen atoms in total. The van der Waals surface area contributed by atoms with Gasteiger partial charge in [-0.25, -0.2) is 0 Å². The van der Waals surface area contributed by atoms with Crippen molar-refractivity contribution in [3.8, 4) is 0 Å². The maximum atomic E-state index is 4.39. The van der Waals surface area contributed by atoms with Crippen molar-refractivity contribution in [2.75, 3.05) is 7.11 Å². The lowest BCUT2D eigenvalue weighted by molar-refractivity contribution is 0.460. The van der Waals surface area contributed by atoms with Gasteiger partial charge in [0.1, 0.15) is 10.5 Å². The smallest absolute Gasteiger partial charge is 0.145 e. The molecule has 0 amide bonds. The van der Waals surface area contributed by atoms with Gasteiger partial charge in [0.25, 0.3) is 0 Å². The Hall–Kier alpha value is 0.684. The maximum absolute atomic E-state index is 4.39. The zero-order chi connectivity index (χ0) is 16.7. The first-order chi connectivity index (χ1) is 10.8. The Labute approximate surface area is 160 Å². The molecule has 0 atom stereocenters. The van der Waals surface area contributed by atoms with Crippen LogP contribution < -0.4 is 0 Å². The molecule has 0 saturated carbocycles. The van der Waals surface area contributed by atoms with Crippen molar-refractivity contribution in [3.05, 3.63) is 0 Å². The van der Waals surface area contributed by atoms with E-state index in [1.165, 1.54) is 119 Å². The predicted molar refractivity (Wildman–Crippen MR) is 118 cm³/mol. The number of unbranched alkanes of at least 4 members (excludes halogenated alkanes) is 15. The molecule has 0 bridgehead atoms. The van der Waals surface area contributed by atoms with E-state index in [0.717, 1.165) is 10.5 Å². The third-order valence-electron chi connectivity index (χ3n) is 4.21. The van der Waals surface area contributed by atoms with E-state index in [1.807, 2.05) is 0 Å². The summed E-state index contributed by atoms with van der Waals surface area (Å²) in [4.78, 5) is 0. The van der Waals surface area contributed by atoms with Crippen molar-refractivity contribution in [1.29, 1.82) is 0 Å². The van der Waals surface area contributed by atoms with Crippen molar-refractivity contribution < 1.29 is 4.43 Å². The van der Waals surface area contributed by atoms with E-state index in [0.29, 0.717) is 0 Å². The van der Waals surface area contributed by atoms with Gasteiger partial charge in [0.2, 0.25) is 0 Å². The van der Waals surface area contributed by atoms with Crippen LogP contribution in [0.4, 0.5) is 0 Å². The highest BCUT2D eigenvalue weighted by Gasteiger charge is 1.94. The standard InChI is InChI=1S/C18H40Si.CH6OSi.ClH/c1-2-3-4-5-6-7-8-9-10-11-12-13-14-15-16-17-18-19;1-2-3;/h2-18H2,1,19H3;1,3H3;1H. The molecule has 0 aromatic rings. The molecule has 0 fully saturated rings. The van der Waals surface area contributed by atoms with Gasteiger partial charge in [-0.1, -0.05) is 116 Å². The molecular weight excluding hydrogens is 336 g/mol. The van der Waals surface area contributed by atoms with Crippen LogP contribution in [0, 0.1) is 0 Å². The Bertz CT molecular complexity index is 155. The summed E-state index contributed by atoms with van der Waals surface area (Å²) in [5.74, 6) is 0. The number of hydrogen-bond acceptors (Lipinski definition) is 1. The third-order valence-corrected chi connectivity index (χ3v) is 4.91. The van der Waals surface area contributed by atoms with Crippen molar-refractivity contribution >= 4 is 33.1 Å². The molecule has 0 spiro atoms. The average Bonchev–Trinajstić information content (AvgIpc) is 2.52. The van der Waals surface area contributed by atoms with Crippen molar-refractivity contribution in [1.82, 2.24) is 0 Å². The second kappa shape index (κ2) is 30.6. The number of halogens is 1. The Morgan fingerprint density at radius 1 is 0.565 bits per heavy atom. The monoisotopic (exact) mass is 382 g/mol. The SMILES string of the molecule is CCCCCCCCCCCCCCCCCC[SiH3].CO[SiH3].Cl. The summed E-state index contributed by atoms with van der Waals surface area (Å²) in [6.07, 6.45) is 23.7. The van der Waals surface area contributed by atoms with E-state index in [2.05, 4.69) is 11.3 Å². The van der Waals surface area contributed by atoms with Gasteiger partial charge >= 0.3 is 0 Å². The summed E-state index contributed by atoms with van der Waals surface area (Å²) >= 11 is 0. The highest BCUT2D eigenvalue weighted by Crippen LogP contribution is 2.13. The van der Waals surface area contributed by atoms with E-state index < -0.39 is 0 Å². The molecule has 144 valence electrons.